The molecule has 1 aromatic carbocycles. The zero-order valence-electron chi connectivity index (χ0n) is 13.9. The van der Waals surface area contributed by atoms with Crippen molar-refractivity contribution in [3.8, 4) is 0 Å². The van der Waals surface area contributed by atoms with Crippen LogP contribution >= 0.6 is 0 Å². The van der Waals surface area contributed by atoms with E-state index >= 15 is 0 Å². The molecular weight excluding hydrogens is 334 g/mol. The fourth-order valence-corrected chi connectivity index (χ4v) is 4.73. The molecule has 0 radical (unpaired) electrons. The summed E-state index contributed by atoms with van der Waals surface area (Å²) in [5.74, 6) is 1.14. The molecule has 0 amide bonds. The van der Waals surface area contributed by atoms with Crippen LogP contribution in [0.1, 0.15) is 32.6 Å². The molecule has 0 aliphatic heterocycles. The van der Waals surface area contributed by atoms with Crippen molar-refractivity contribution in [2.75, 3.05) is 24.4 Å². The largest absolute Gasteiger partial charge is 0.384 e. The summed E-state index contributed by atoms with van der Waals surface area (Å²) in [4.78, 5) is 0.0680. The predicted octanol–water partition coefficient (Wildman–Crippen LogP) is 2.73. The van der Waals surface area contributed by atoms with E-state index in [1.165, 1.54) is 31.4 Å². The third-order valence-electron chi connectivity index (χ3n) is 4.62. The molecule has 2 unspecified atom stereocenters. The summed E-state index contributed by atoms with van der Waals surface area (Å²) in [7, 11) is -6.95. The highest BCUT2D eigenvalue weighted by Crippen LogP contribution is 2.31. The Morgan fingerprint density at radius 2 is 1.70 bits per heavy atom. The molecule has 0 spiro atoms. The molecule has 130 valence electrons. The van der Waals surface area contributed by atoms with Gasteiger partial charge in [0.05, 0.1) is 15.5 Å². The minimum absolute atomic E-state index is 0.0227. The minimum Gasteiger partial charge on any atom is -0.384 e. The first-order valence-electron chi connectivity index (χ1n) is 7.87. The summed E-state index contributed by atoms with van der Waals surface area (Å²) in [6.45, 7) is 2.94. The highest BCUT2D eigenvalue weighted by atomic mass is 32.2. The van der Waals surface area contributed by atoms with Gasteiger partial charge in [0.25, 0.3) is 0 Å². The van der Waals surface area contributed by atoms with Crippen molar-refractivity contribution >= 4 is 25.4 Å². The van der Waals surface area contributed by atoms with Crippen molar-refractivity contribution in [3.05, 3.63) is 18.2 Å². The van der Waals surface area contributed by atoms with Crippen LogP contribution in [-0.2, 0) is 19.7 Å². The zero-order valence-corrected chi connectivity index (χ0v) is 15.5. The van der Waals surface area contributed by atoms with Crippen LogP contribution in [0.2, 0.25) is 0 Å². The van der Waals surface area contributed by atoms with Crippen LogP contribution in [0.4, 0.5) is 5.69 Å². The van der Waals surface area contributed by atoms with E-state index in [4.69, 9.17) is 0 Å². The molecule has 0 bridgehead atoms. The number of anilines is 1. The second kappa shape index (κ2) is 6.81. The van der Waals surface area contributed by atoms with E-state index in [-0.39, 0.29) is 9.79 Å². The number of benzene rings is 1. The highest BCUT2D eigenvalue weighted by Gasteiger charge is 2.23. The standard InChI is InChI=1S/C16H25NO4S2/c1-12-6-4-5-7-13(12)11-17-15-9-8-14(22(2,18)19)10-16(15)23(3,20)21/h8-10,12-13,17H,4-7,11H2,1-3H3. The van der Waals surface area contributed by atoms with E-state index in [1.54, 1.807) is 6.07 Å². The van der Waals surface area contributed by atoms with E-state index in [0.717, 1.165) is 18.9 Å². The summed E-state index contributed by atoms with van der Waals surface area (Å²) in [5, 5.41) is 3.22. The second-order valence-electron chi connectivity index (χ2n) is 6.61. The van der Waals surface area contributed by atoms with Crippen LogP contribution in [0.3, 0.4) is 0 Å². The zero-order chi connectivity index (χ0) is 17.3. The SMILES string of the molecule is CC1CCCCC1CNc1ccc(S(C)(=O)=O)cc1S(C)(=O)=O. The average Bonchev–Trinajstić information content (AvgIpc) is 2.44. The lowest BCUT2D eigenvalue weighted by Crippen LogP contribution is -2.25. The fourth-order valence-electron chi connectivity index (χ4n) is 3.12. The van der Waals surface area contributed by atoms with Gasteiger partial charge in [-0.05, 0) is 36.5 Å². The van der Waals surface area contributed by atoms with E-state index < -0.39 is 19.7 Å². The molecule has 1 N–H and O–H groups in total. The lowest BCUT2D eigenvalue weighted by molar-refractivity contribution is 0.268. The second-order valence-corrected chi connectivity index (χ2v) is 10.6. The van der Waals surface area contributed by atoms with Gasteiger partial charge in [-0.2, -0.15) is 0 Å². The van der Waals surface area contributed by atoms with Crippen LogP contribution in [0.5, 0.6) is 0 Å². The van der Waals surface area contributed by atoms with Crippen molar-refractivity contribution in [1.82, 2.24) is 0 Å². The normalized spacial score (nSPS) is 22.7. The molecule has 5 nitrogen and oxygen atoms in total. The third kappa shape index (κ3) is 4.70. The molecule has 2 rings (SSSR count). The van der Waals surface area contributed by atoms with Gasteiger partial charge in [0, 0.05) is 19.1 Å². The van der Waals surface area contributed by atoms with Gasteiger partial charge >= 0.3 is 0 Å². The molecule has 2 atom stereocenters. The Balaban J connectivity index is 2.27. The molecule has 0 aromatic heterocycles. The maximum atomic E-state index is 12.0. The maximum absolute atomic E-state index is 12.0. The van der Waals surface area contributed by atoms with Crippen LogP contribution in [0, 0.1) is 11.8 Å². The van der Waals surface area contributed by atoms with Gasteiger partial charge in [-0.1, -0.05) is 26.2 Å². The predicted molar refractivity (Wildman–Crippen MR) is 92.3 cm³/mol. The summed E-state index contributed by atoms with van der Waals surface area (Å²) in [6, 6.07) is 4.26. The number of sulfone groups is 2. The molecule has 1 fully saturated rings. The van der Waals surface area contributed by atoms with E-state index in [2.05, 4.69) is 12.2 Å². The Labute approximate surface area is 139 Å². The summed E-state index contributed by atoms with van der Waals surface area (Å²) in [5.41, 5.74) is 0.484. The lowest BCUT2D eigenvalue weighted by atomic mass is 9.80. The third-order valence-corrected chi connectivity index (χ3v) is 6.87. The molecule has 23 heavy (non-hydrogen) atoms. The first kappa shape index (κ1) is 18.3. The van der Waals surface area contributed by atoms with Gasteiger partial charge in [-0.3, -0.25) is 0 Å². The van der Waals surface area contributed by atoms with E-state index in [1.807, 2.05) is 0 Å². The van der Waals surface area contributed by atoms with Gasteiger partial charge in [0.2, 0.25) is 0 Å². The Morgan fingerprint density at radius 3 is 2.26 bits per heavy atom. The Kier molecular flexibility index (Phi) is 5.41. The number of nitrogens with one attached hydrogen (secondary N) is 1. The van der Waals surface area contributed by atoms with Gasteiger partial charge in [0.1, 0.15) is 0 Å². The molecule has 1 aliphatic carbocycles. The van der Waals surface area contributed by atoms with Gasteiger partial charge in [0.15, 0.2) is 19.7 Å². The molecule has 1 aromatic rings. The molecule has 0 heterocycles. The Morgan fingerprint density at radius 1 is 1.04 bits per heavy atom. The van der Waals surface area contributed by atoms with Crippen LogP contribution in [0.25, 0.3) is 0 Å². The van der Waals surface area contributed by atoms with Gasteiger partial charge in [-0.15, -0.1) is 0 Å². The molecule has 1 aliphatic rings. The van der Waals surface area contributed by atoms with Crippen LogP contribution in [0.15, 0.2) is 28.0 Å². The summed E-state index contributed by atoms with van der Waals surface area (Å²) < 4.78 is 47.3. The van der Waals surface area contributed by atoms with Crippen molar-refractivity contribution in [2.24, 2.45) is 11.8 Å². The van der Waals surface area contributed by atoms with Crippen molar-refractivity contribution in [1.29, 1.82) is 0 Å². The Hall–Kier alpha value is -1.08. The average molecular weight is 360 g/mol. The number of rotatable bonds is 5. The number of hydrogen-bond donors (Lipinski definition) is 1. The van der Waals surface area contributed by atoms with E-state index in [9.17, 15) is 16.8 Å². The number of hydrogen-bond acceptors (Lipinski definition) is 5. The lowest BCUT2D eigenvalue weighted by Gasteiger charge is -2.29. The van der Waals surface area contributed by atoms with Crippen LogP contribution < -0.4 is 5.32 Å². The van der Waals surface area contributed by atoms with Crippen molar-refractivity contribution in [3.63, 3.8) is 0 Å². The molecular formula is C16H25NO4S2. The summed E-state index contributed by atoms with van der Waals surface area (Å²) >= 11 is 0. The Bertz CT molecular complexity index is 769. The fraction of sp³-hybridized carbons (Fsp3) is 0.625. The molecule has 1 saturated carbocycles. The van der Waals surface area contributed by atoms with Gasteiger partial charge < -0.3 is 5.32 Å². The van der Waals surface area contributed by atoms with Gasteiger partial charge in [-0.25, -0.2) is 16.8 Å². The monoisotopic (exact) mass is 359 g/mol. The first-order valence-corrected chi connectivity index (χ1v) is 11.7. The molecule has 0 saturated heterocycles. The molecule has 7 heteroatoms. The highest BCUT2D eigenvalue weighted by molar-refractivity contribution is 7.91. The first-order chi connectivity index (χ1) is 10.6. The quantitative estimate of drug-likeness (QED) is 0.874. The van der Waals surface area contributed by atoms with E-state index in [0.29, 0.717) is 24.1 Å². The minimum atomic E-state index is -3.51. The van der Waals surface area contributed by atoms with Crippen molar-refractivity contribution < 1.29 is 16.8 Å². The topological polar surface area (TPSA) is 80.3 Å². The smallest absolute Gasteiger partial charge is 0.177 e. The maximum Gasteiger partial charge on any atom is 0.177 e. The van der Waals surface area contributed by atoms with Crippen LogP contribution in [-0.4, -0.2) is 35.9 Å². The summed E-state index contributed by atoms with van der Waals surface area (Å²) in [6.07, 6.45) is 6.99. The van der Waals surface area contributed by atoms with Crippen molar-refractivity contribution in [2.45, 2.75) is 42.4 Å².